The van der Waals surface area contributed by atoms with E-state index in [0.29, 0.717) is 38.8 Å². The first-order chi connectivity index (χ1) is 19.6. The highest BCUT2D eigenvalue weighted by Crippen LogP contribution is 2.37. The highest BCUT2D eigenvalue weighted by Gasteiger charge is 2.29. The third kappa shape index (κ3) is 6.14. The van der Waals surface area contributed by atoms with E-state index in [9.17, 15) is 14.7 Å². The van der Waals surface area contributed by atoms with Crippen LogP contribution in [0.5, 0.6) is 23.1 Å². The lowest BCUT2D eigenvalue weighted by Crippen LogP contribution is -2.39. The normalized spacial score (nSPS) is 15.0. The van der Waals surface area contributed by atoms with Crippen molar-refractivity contribution in [1.82, 2.24) is 20.4 Å². The molecule has 1 fully saturated rings. The summed E-state index contributed by atoms with van der Waals surface area (Å²) in [7, 11) is 1.56. The van der Waals surface area contributed by atoms with E-state index in [-0.39, 0.29) is 23.5 Å². The van der Waals surface area contributed by atoms with Crippen molar-refractivity contribution >= 4 is 34.5 Å². The molecule has 1 saturated heterocycles. The predicted octanol–water partition coefficient (Wildman–Crippen LogP) is 5.17. The zero-order chi connectivity index (χ0) is 29.1. The molecule has 0 spiro atoms. The van der Waals surface area contributed by atoms with Crippen LogP contribution in [0.3, 0.4) is 0 Å². The van der Waals surface area contributed by atoms with Crippen molar-refractivity contribution in [2.24, 2.45) is 0 Å². The number of anilines is 2. The molecule has 4 aromatic rings. The van der Waals surface area contributed by atoms with Crippen molar-refractivity contribution in [2.75, 3.05) is 30.4 Å². The first kappa shape index (κ1) is 27.6. The molecule has 0 radical (unpaired) electrons. The van der Waals surface area contributed by atoms with Crippen LogP contribution in [-0.2, 0) is 5.41 Å². The zero-order valence-electron chi connectivity index (χ0n) is 23.0. The molecule has 2 aromatic carbocycles. The number of carboxylic acid groups (broad SMARTS) is 1. The summed E-state index contributed by atoms with van der Waals surface area (Å²) in [5, 5.41) is 19.9. The SMILES string of the molecule is COc1cc2c(Oc3cccc(NC(=O)N(C(=O)O)c4cc(C(C)(C)C)on4)c3)ncnc2cc1O[C@@H]1CCNC1. The number of benzene rings is 2. The molecule has 13 nitrogen and oxygen atoms in total. The first-order valence-corrected chi connectivity index (χ1v) is 12.9. The van der Waals surface area contributed by atoms with E-state index >= 15 is 0 Å². The van der Waals surface area contributed by atoms with Gasteiger partial charge in [-0.15, -0.1) is 0 Å². The number of carbonyl (C=O) groups excluding carboxylic acids is 1. The minimum absolute atomic E-state index is 0.0405. The van der Waals surface area contributed by atoms with Crippen molar-refractivity contribution in [2.45, 2.75) is 38.7 Å². The molecule has 1 atom stereocenters. The summed E-state index contributed by atoms with van der Waals surface area (Å²) in [6.07, 6.45) is 0.800. The van der Waals surface area contributed by atoms with E-state index in [1.165, 1.54) is 18.5 Å². The lowest BCUT2D eigenvalue weighted by Gasteiger charge is -2.17. The summed E-state index contributed by atoms with van der Waals surface area (Å²) in [4.78, 5) is 34.0. The standard InChI is InChI=1S/C28H30N6O7/c1-28(2,3)23-13-24(33-41-23)34(27(36)37)26(35)32-16-6-5-7-17(10-16)40-25-19-11-21(38-4)22(12-20(19)30-15-31-25)39-18-8-9-29-14-18/h5-7,10-13,15,18,29H,8-9,14H2,1-4H3,(H,32,35)(H,36,37)/t18-/m1/s1. The highest BCUT2D eigenvalue weighted by molar-refractivity contribution is 6.15. The van der Waals surface area contributed by atoms with Crippen LogP contribution < -0.4 is 29.7 Å². The molecule has 2 aromatic heterocycles. The number of methoxy groups -OCH3 is 1. The number of carbonyl (C=O) groups is 2. The van der Waals surface area contributed by atoms with Crippen molar-refractivity contribution in [3.8, 4) is 23.1 Å². The number of nitrogens with one attached hydrogen (secondary N) is 2. The molecule has 13 heteroatoms. The van der Waals surface area contributed by atoms with Gasteiger partial charge in [-0.1, -0.05) is 32.0 Å². The van der Waals surface area contributed by atoms with Crippen molar-refractivity contribution in [1.29, 1.82) is 0 Å². The lowest BCUT2D eigenvalue weighted by molar-refractivity contribution is 0.200. The Bertz CT molecular complexity index is 1580. The maximum absolute atomic E-state index is 12.9. The van der Waals surface area contributed by atoms with Crippen LogP contribution in [0.2, 0.25) is 0 Å². The summed E-state index contributed by atoms with van der Waals surface area (Å²) in [6, 6.07) is 10.5. The predicted molar refractivity (Wildman–Crippen MR) is 149 cm³/mol. The fourth-order valence-corrected chi connectivity index (χ4v) is 4.22. The molecule has 0 saturated carbocycles. The maximum Gasteiger partial charge on any atom is 0.421 e. The van der Waals surface area contributed by atoms with Gasteiger partial charge in [0.15, 0.2) is 17.3 Å². The molecule has 3 N–H and O–H groups in total. The Kier molecular flexibility index (Phi) is 7.62. The second kappa shape index (κ2) is 11.3. The zero-order valence-corrected chi connectivity index (χ0v) is 23.0. The fourth-order valence-electron chi connectivity index (χ4n) is 4.22. The lowest BCUT2D eigenvalue weighted by atomic mass is 9.93. The van der Waals surface area contributed by atoms with Gasteiger partial charge in [-0.05, 0) is 31.2 Å². The number of urea groups is 1. The molecule has 41 heavy (non-hydrogen) atoms. The van der Waals surface area contributed by atoms with Gasteiger partial charge in [0.2, 0.25) is 5.88 Å². The van der Waals surface area contributed by atoms with Gasteiger partial charge in [-0.2, -0.15) is 4.90 Å². The van der Waals surface area contributed by atoms with E-state index in [4.69, 9.17) is 18.7 Å². The van der Waals surface area contributed by atoms with Crippen LogP contribution in [0.1, 0.15) is 33.0 Å². The Labute approximate surface area is 235 Å². The summed E-state index contributed by atoms with van der Waals surface area (Å²) in [5.41, 5.74) is 0.463. The molecule has 0 bridgehead atoms. The van der Waals surface area contributed by atoms with E-state index in [1.807, 2.05) is 20.8 Å². The van der Waals surface area contributed by atoms with Crippen molar-refractivity contribution in [3.63, 3.8) is 0 Å². The van der Waals surface area contributed by atoms with Crippen LogP contribution >= 0.6 is 0 Å². The van der Waals surface area contributed by atoms with E-state index < -0.39 is 17.5 Å². The Morgan fingerprint density at radius 2 is 1.98 bits per heavy atom. The summed E-state index contributed by atoms with van der Waals surface area (Å²) in [6.45, 7) is 7.29. The molecular formula is C28H30N6O7. The van der Waals surface area contributed by atoms with Crippen LogP contribution in [-0.4, -0.2) is 58.7 Å². The molecular weight excluding hydrogens is 532 g/mol. The summed E-state index contributed by atoms with van der Waals surface area (Å²) in [5.74, 6) is 1.98. The van der Waals surface area contributed by atoms with Gasteiger partial charge in [0.05, 0.1) is 18.0 Å². The summed E-state index contributed by atoms with van der Waals surface area (Å²) >= 11 is 0. The Balaban J connectivity index is 1.36. The molecule has 214 valence electrons. The van der Waals surface area contributed by atoms with Crippen LogP contribution in [0.15, 0.2) is 53.3 Å². The fraction of sp³-hybridized carbons (Fsp3) is 0.321. The van der Waals surface area contributed by atoms with Crippen LogP contribution in [0.4, 0.5) is 21.1 Å². The van der Waals surface area contributed by atoms with Crippen molar-refractivity contribution in [3.05, 3.63) is 54.6 Å². The van der Waals surface area contributed by atoms with Gasteiger partial charge in [-0.3, -0.25) is 0 Å². The molecule has 1 aliphatic rings. The number of hydrogen-bond donors (Lipinski definition) is 3. The second-order valence-corrected chi connectivity index (χ2v) is 10.4. The number of imide groups is 1. The minimum Gasteiger partial charge on any atom is -0.493 e. The monoisotopic (exact) mass is 562 g/mol. The topological polar surface area (TPSA) is 161 Å². The third-order valence-corrected chi connectivity index (χ3v) is 6.35. The molecule has 1 aliphatic heterocycles. The molecule has 5 rings (SSSR count). The Morgan fingerprint density at radius 3 is 2.66 bits per heavy atom. The second-order valence-electron chi connectivity index (χ2n) is 10.4. The Morgan fingerprint density at radius 1 is 1.15 bits per heavy atom. The number of ether oxygens (including phenoxy) is 3. The van der Waals surface area contributed by atoms with Gasteiger partial charge >= 0.3 is 12.1 Å². The highest BCUT2D eigenvalue weighted by atomic mass is 16.5. The largest absolute Gasteiger partial charge is 0.493 e. The van der Waals surface area contributed by atoms with Gasteiger partial charge in [-0.25, -0.2) is 19.6 Å². The van der Waals surface area contributed by atoms with Gasteiger partial charge in [0.1, 0.15) is 23.9 Å². The van der Waals surface area contributed by atoms with E-state index in [2.05, 4.69) is 25.8 Å². The first-order valence-electron chi connectivity index (χ1n) is 12.9. The average Bonchev–Trinajstić information content (AvgIpc) is 3.61. The smallest absolute Gasteiger partial charge is 0.421 e. The molecule has 0 unspecified atom stereocenters. The van der Waals surface area contributed by atoms with E-state index in [0.717, 1.165) is 19.5 Å². The molecule has 3 amide bonds. The quantitative estimate of drug-likeness (QED) is 0.272. The number of hydrogen-bond acceptors (Lipinski definition) is 10. The number of rotatable bonds is 7. The van der Waals surface area contributed by atoms with Crippen molar-refractivity contribution < 1.29 is 33.4 Å². The molecule has 3 heterocycles. The number of nitrogens with zero attached hydrogens (tertiary/aromatic N) is 4. The third-order valence-electron chi connectivity index (χ3n) is 6.35. The number of amides is 3. The maximum atomic E-state index is 12.9. The van der Waals surface area contributed by atoms with E-state index in [1.54, 1.807) is 37.4 Å². The van der Waals surface area contributed by atoms with Gasteiger partial charge in [0, 0.05) is 35.8 Å². The van der Waals surface area contributed by atoms with Gasteiger partial charge in [0.25, 0.3) is 0 Å². The van der Waals surface area contributed by atoms with Crippen LogP contribution in [0, 0.1) is 0 Å². The summed E-state index contributed by atoms with van der Waals surface area (Å²) < 4.78 is 23.0. The Hall–Kier alpha value is -4.91. The minimum atomic E-state index is -1.52. The average molecular weight is 563 g/mol. The number of aromatic nitrogens is 3. The number of fused-ring (bicyclic) bond motifs is 1. The van der Waals surface area contributed by atoms with Crippen LogP contribution in [0.25, 0.3) is 10.9 Å². The van der Waals surface area contributed by atoms with Gasteiger partial charge < -0.3 is 34.5 Å². The molecule has 0 aliphatic carbocycles.